The van der Waals surface area contributed by atoms with Gasteiger partial charge in [0.2, 0.25) is 6.10 Å². The number of hydrogen-bond acceptors (Lipinski definition) is 21. The van der Waals surface area contributed by atoms with Crippen LogP contribution in [0.4, 0.5) is 0 Å². The predicted octanol–water partition coefficient (Wildman–Crippen LogP) is 3.17. The van der Waals surface area contributed by atoms with E-state index in [1.165, 1.54) is 12.5 Å². The van der Waals surface area contributed by atoms with Crippen molar-refractivity contribution in [3.63, 3.8) is 0 Å². The molecular formula is C53H76O21. The van der Waals surface area contributed by atoms with Gasteiger partial charge in [0.05, 0.1) is 31.3 Å². The molecule has 4 heterocycles. The highest BCUT2D eigenvalue weighted by Gasteiger charge is 2.70. The lowest BCUT2D eigenvalue weighted by atomic mass is 9.33. The summed E-state index contributed by atoms with van der Waals surface area (Å²) >= 11 is 0. The number of carbonyl (C=O) groups excluding carboxylic acids is 1. The molecule has 9 rings (SSSR count). The summed E-state index contributed by atoms with van der Waals surface area (Å²) in [5.74, 6) is -0.401. The zero-order valence-electron chi connectivity index (χ0n) is 43.3. The maximum Gasteiger partial charge on any atom is 0.319 e. The first-order valence-corrected chi connectivity index (χ1v) is 25.9. The van der Waals surface area contributed by atoms with Crippen molar-refractivity contribution in [3.8, 4) is 0 Å². The van der Waals surface area contributed by atoms with Crippen LogP contribution in [0, 0.1) is 112 Å². The zero-order chi connectivity index (χ0) is 54.0. The Morgan fingerprint density at radius 1 is 0.743 bits per heavy atom. The van der Waals surface area contributed by atoms with E-state index in [9.17, 15) is 61.3 Å². The maximum absolute atomic E-state index is 15.0. The van der Waals surface area contributed by atoms with E-state index in [0.717, 1.165) is 25.7 Å². The molecular weight excluding hydrogens is 973 g/mol. The van der Waals surface area contributed by atoms with Crippen molar-refractivity contribution in [1.82, 2.24) is 0 Å². The minimum atomic E-state index is -2.03. The van der Waals surface area contributed by atoms with Crippen molar-refractivity contribution in [2.75, 3.05) is 19.8 Å². The molecule has 4 aliphatic heterocycles. The van der Waals surface area contributed by atoms with E-state index in [-0.39, 0.29) is 63.6 Å². The number of allylic oxidation sites excluding steroid dienone is 2. The lowest BCUT2D eigenvalue weighted by molar-refractivity contribution is -0.292. The van der Waals surface area contributed by atoms with Gasteiger partial charge in [-0.05, 0) is 116 Å². The first-order chi connectivity index (χ1) is 34.6. The Labute approximate surface area is 433 Å². The number of carbonyl (C=O) groups is 1. The van der Waals surface area contributed by atoms with E-state index in [4.69, 9.17) is 37.9 Å². The third-order valence-corrected chi connectivity index (χ3v) is 19.7. The van der Waals surface area contributed by atoms with Crippen molar-refractivity contribution >= 4 is 5.97 Å². The smallest absolute Gasteiger partial charge is 0.319 e. The maximum atomic E-state index is 15.0. The molecule has 0 unspecified atom stereocenters. The van der Waals surface area contributed by atoms with Crippen LogP contribution in [0.25, 0.3) is 0 Å². The van der Waals surface area contributed by atoms with Gasteiger partial charge in [0.15, 0.2) is 49.2 Å². The van der Waals surface area contributed by atoms with Crippen LogP contribution in [0.5, 0.6) is 0 Å². The number of esters is 1. The molecule has 17 atom stereocenters. The highest BCUT2D eigenvalue weighted by molar-refractivity contribution is 5.79. The average molecular weight is 1050 g/mol. The Bertz CT molecular complexity index is 2040. The van der Waals surface area contributed by atoms with Crippen molar-refractivity contribution in [3.05, 3.63) is 73.1 Å². The van der Waals surface area contributed by atoms with Gasteiger partial charge in [-0.15, -0.1) is 0 Å². The summed E-state index contributed by atoms with van der Waals surface area (Å²) in [6.45, 7) is 15.4. The third kappa shape index (κ3) is 9.27. The van der Waals surface area contributed by atoms with Gasteiger partial charge in [-0.1, -0.05) is 60.1 Å². The van der Waals surface area contributed by atoms with Gasteiger partial charge >= 0.3 is 12.3 Å². The van der Waals surface area contributed by atoms with Gasteiger partial charge in [-0.3, -0.25) is 4.79 Å². The topological polar surface area (TPSA) is 334 Å². The van der Waals surface area contributed by atoms with E-state index >= 15 is 4.79 Å². The first-order valence-electron chi connectivity index (χ1n) is 25.9. The minimum absolute atomic E-state index is 0.0995. The quantitative estimate of drug-likeness (QED) is 0.0849. The molecule has 0 bridgehead atoms. The van der Waals surface area contributed by atoms with Crippen LogP contribution >= 0.6 is 0 Å². The molecule has 8 fully saturated rings. The number of rotatable bonds is 10. The van der Waals surface area contributed by atoms with Gasteiger partial charge in [0.25, 0.3) is 6.29 Å². The summed E-state index contributed by atoms with van der Waals surface area (Å²) in [6, 6.07) is 0. The molecule has 21 heteroatoms. The van der Waals surface area contributed by atoms with Crippen LogP contribution in [0.3, 0.4) is 0 Å². The monoisotopic (exact) mass is 1050 g/mol. The van der Waals surface area contributed by atoms with E-state index in [1.807, 2.05) is 0 Å². The van der Waals surface area contributed by atoms with Gasteiger partial charge in [-0.25, -0.2) is 0 Å². The van der Waals surface area contributed by atoms with Gasteiger partial charge in [-0.2, -0.15) is 0 Å². The van der Waals surface area contributed by atoms with E-state index < -0.39 is 135 Å². The molecule has 414 valence electrons. The summed E-state index contributed by atoms with van der Waals surface area (Å²) in [5, 5.41) is 127. The molecule has 0 spiro atoms. The van der Waals surface area contributed by atoms with Gasteiger partial charge in [0.1, 0.15) is 48.8 Å². The molecule has 74 heavy (non-hydrogen) atoms. The van der Waals surface area contributed by atoms with Gasteiger partial charge < -0.3 is 99.2 Å². The van der Waals surface area contributed by atoms with Crippen LogP contribution in [-0.4, -0.2) is 148 Å². The van der Waals surface area contributed by atoms with Crippen molar-refractivity contribution < 1.29 is 104 Å². The Morgan fingerprint density at radius 3 is 2.12 bits per heavy atom. The lowest BCUT2D eigenvalue weighted by Gasteiger charge is -2.71. The zero-order valence-corrected chi connectivity index (χ0v) is 43.3. The fourth-order valence-electron chi connectivity index (χ4n) is 15.0. The normalized spacial score (nSPS) is 46.8. The molecule has 0 amide bonds. The van der Waals surface area contributed by atoms with Crippen LogP contribution in [0.2, 0.25) is 0 Å². The van der Waals surface area contributed by atoms with Gasteiger partial charge in [0, 0.05) is 0 Å². The molecule has 0 aromatic heterocycles. The minimum Gasteiger partial charge on any atom is -0.422 e. The average Bonchev–Trinajstić information content (AvgIpc) is 3.34. The molecule has 5 aliphatic carbocycles. The van der Waals surface area contributed by atoms with Crippen LogP contribution in [0.1, 0.15) is 120 Å². The fourth-order valence-corrected chi connectivity index (χ4v) is 15.0. The van der Waals surface area contributed by atoms with Crippen molar-refractivity contribution in [1.29, 1.82) is 0 Å². The Morgan fingerprint density at radius 2 is 1.42 bits per heavy atom. The number of aliphatic hydroxyl groups is 12. The SMILES string of the molecule is C[C]1O[C@@H](O[C@@H]2[C](CO)O[C](OC[C]3O[C](OC(=O)[C@]45CCC(C)(C)C[C@H]4C4=CC[C@@H]6[C@@]7(C)CC[C@H](O[C@@H]8OC[C@H](O)[C](O)[C@H]8O)C(C)(C)[C@@H]7CC[C@@]6(C)[C@]4(C)CC5)[C](O)[C](O)[C@@H]3O)[C](O)[C]2O)[C@H](O)[C@H](O)[C@H]1O. The molecule has 4 saturated carbocycles. The number of aliphatic hydroxyl groups excluding tert-OH is 12. The summed E-state index contributed by atoms with van der Waals surface area (Å²) < 4.78 is 45.8. The van der Waals surface area contributed by atoms with Crippen molar-refractivity contribution in [2.24, 2.45) is 50.2 Å². The van der Waals surface area contributed by atoms with Crippen LogP contribution in [0.15, 0.2) is 11.6 Å². The Balaban J connectivity index is 0.891. The lowest BCUT2D eigenvalue weighted by Crippen LogP contribution is -2.65. The molecule has 0 aromatic rings. The first kappa shape index (κ1) is 57.1. The highest BCUT2D eigenvalue weighted by Crippen LogP contribution is 2.76. The fraction of sp³-hybridized carbons (Fsp3) is 0.755. The predicted molar refractivity (Wildman–Crippen MR) is 249 cm³/mol. The van der Waals surface area contributed by atoms with E-state index in [0.29, 0.717) is 38.5 Å². The Hall–Kier alpha value is -1.55. The highest BCUT2D eigenvalue weighted by atomic mass is 16.8. The second-order valence-corrected chi connectivity index (χ2v) is 24.4. The Kier molecular flexibility index (Phi) is 15.8. The standard InChI is InChI=1S/C53H76O21/c1-23-32(56)35(59)39(63)45(69-23)73-42-27(20-54)70-43(41(65)37(42)61)68-22-28-34(58)36(60)40(64)46(71-28)74-47(66)53-17-15-48(2,3)19-25(53)24-9-10-30-50(6)13-12-31(72-44-38(62)33(57)26(55)21-67-44)49(4,5)29(50)11-14-52(30,8)51(24,7)16-18-53/h9,25-26,29-32,34-35,38-39,42,44-45,54-65H,10-22H2,1-8H3/t25-,26-,29-,30+,31-,32-,34+,35+,38+,39+,42+,44-,45-,50-,51+,52+,53-/m0/s1. The van der Waals surface area contributed by atoms with Crippen molar-refractivity contribution in [2.45, 2.75) is 181 Å². The molecule has 21 nitrogen and oxygen atoms in total. The molecule has 4 saturated heterocycles. The molecule has 10 radical (unpaired) electrons. The summed E-state index contributed by atoms with van der Waals surface area (Å²) in [5.41, 5.74) is -0.886. The summed E-state index contributed by atoms with van der Waals surface area (Å²) in [7, 11) is 0. The largest absolute Gasteiger partial charge is 0.422 e. The molecule has 0 aromatic carbocycles. The number of fused-ring (bicyclic) bond motifs is 7. The van der Waals surface area contributed by atoms with Crippen LogP contribution in [-0.2, 0) is 42.7 Å². The van der Waals surface area contributed by atoms with E-state index in [1.54, 1.807) is 0 Å². The molecule has 9 aliphatic rings. The third-order valence-electron chi connectivity index (χ3n) is 19.7. The summed E-state index contributed by atoms with van der Waals surface area (Å²) in [4.78, 5) is 15.0. The second kappa shape index (κ2) is 20.5. The number of hydrogen-bond donors (Lipinski definition) is 12. The van der Waals surface area contributed by atoms with Crippen LogP contribution < -0.4 is 0 Å². The molecule has 12 N–H and O–H groups in total. The second-order valence-electron chi connectivity index (χ2n) is 24.4. The number of ether oxygens (including phenoxy) is 8. The summed E-state index contributed by atoms with van der Waals surface area (Å²) in [6.07, 6.45) is -12.5. The van der Waals surface area contributed by atoms with E-state index in [2.05, 4.69) is 54.5 Å².